The summed E-state index contributed by atoms with van der Waals surface area (Å²) in [5.74, 6) is 3.03. The maximum Gasteiger partial charge on any atom is 0.236 e. The fourth-order valence-electron chi connectivity index (χ4n) is 3.97. The van der Waals surface area contributed by atoms with E-state index >= 15 is 0 Å². The van der Waals surface area contributed by atoms with Crippen LogP contribution in [0.4, 0.5) is 9.70 Å². The van der Waals surface area contributed by atoms with E-state index in [9.17, 15) is 3.89 Å². The predicted octanol–water partition coefficient (Wildman–Crippen LogP) is 2.04. The Labute approximate surface area is 164 Å². The second kappa shape index (κ2) is 7.26. The second-order valence-corrected chi connectivity index (χ2v) is 9.15. The highest BCUT2D eigenvalue weighted by atomic mass is 32.2. The number of hydrogen-bond acceptors (Lipinski definition) is 5. The van der Waals surface area contributed by atoms with Crippen LogP contribution < -0.4 is 9.64 Å². The number of nitrogens with zero attached hydrogens (tertiary/aromatic N) is 4. The summed E-state index contributed by atoms with van der Waals surface area (Å²) in [4.78, 5) is 11.7. The molecule has 1 saturated heterocycles. The zero-order valence-electron chi connectivity index (χ0n) is 16.0. The van der Waals surface area contributed by atoms with E-state index in [2.05, 4.69) is 16.0 Å². The number of aromatic nitrogens is 3. The van der Waals surface area contributed by atoms with E-state index < -0.39 is 0 Å². The zero-order chi connectivity index (χ0) is 19.0. The minimum Gasteiger partial charge on any atom is -0.497 e. The van der Waals surface area contributed by atoms with E-state index in [1.165, 1.54) is 0 Å². The van der Waals surface area contributed by atoms with E-state index in [4.69, 9.17) is 9.72 Å². The van der Waals surface area contributed by atoms with Crippen LogP contribution >= 0.6 is 12.1 Å². The van der Waals surface area contributed by atoms with Crippen molar-refractivity contribution in [3.8, 4) is 5.75 Å². The van der Waals surface area contributed by atoms with Crippen LogP contribution in [0.25, 0.3) is 16.8 Å². The van der Waals surface area contributed by atoms with E-state index in [1.807, 2.05) is 44.5 Å². The fraction of sp³-hybridized carbons (Fsp3) is 0.444. The Balaban J connectivity index is 1.52. The Kier molecular flexibility index (Phi) is 4.97. The molecule has 1 aliphatic rings. The molecule has 2 aromatic heterocycles. The monoisotopic (exact) mass is 384 g/mol. The number of fused-ring (bicyclic) bond motifs is 3. The van der Waals surface area contributed by atoms with Gasteiger partial charge < -0.3 is 9.64 Å². The van der Waals surface area contributed by atoms with Gasteiger partial charge in [0.1, 0.15) is 27.3 Å². The first-order chi connectivity index (χ1) is 13.0. The maximum absolute atomic E-state index is 13.0. The number of halogens is 1. The molecule has 0 saturated carbocycles. The Hall–Kier alpha value is -1.89. The highest BCUT2D eigenvalue weighted by molar-refractivity contribution is 7.98. The van der Waals surface area contributed by atoms with Gasteiger partial charge in [-0.1, -0.05) is 0 Å². The summed E-state index contributed by atoms with van der Waals surface area (Å²) in [7, 11) is 5.62. The summed E-state index contributed by atoms with van der Waals surface area (Å²) in [5.41, 5.74) is 1.90. The number of ether oxygens (including phenoxy) is 1. The summed E-state index contributed by atoms with van der Waals surface area (Å²) in [6, 6.07) is 7.93. The van der Waals surface area contributed by atoms with Crippen molar-refractivity contribution in [2.24, 2.45) is 5.92 Å². The van der Waals surface area contributed by atoms with Crippen molar-refractivity contribution in [3.63, 3.8) is 0 Å². The van der Waals surface area contributed by atoms with E-state index in [-0.39, 0.29) is 4.55 Å². The fourth-order valence-corrected chi connectivity index (χ4v) is 4.27. The molecule has 0 spiro atoms. The van der Waals surface area contributed by atoms with Crippen molar-refractivity contribution in [3.05, 3.63) is 30.5 Å². The number of benzene rings is 1. The Morgan fingerprint density at radius 2 is 2.04 bits per heavy atom. The van der Waals surface area contributed by atoms with Gasteiger partial charge in [-0.05, 0) is 47.9 Å². The van der Waals surface area contributed by atoms with Crippen LogP contribution in [-0.2, 0) is 0 Å². The zero-order valence-corrected chi connectivity index (χ0v) is 16.8. The molecule has 27 heavy (non-hydrogen) atoms. The first kappa shape index (κ1) is 18.5. The van der Waals surface area contributed by atoms with Gasteiger partial charge in [-0.15, -0.1) is 0 Å². The van der Waals surface area contributed by atoms with Crippen LogP contribution in [-0.4, -0.2) is 54.8 Å². The van der Waals surface area contributed by atoms with Gasteiger partial charge >= 0.3 is 0 Å². The third-order valence-electron chi connectivity index (χ3n) is 5.39. The van der Waals surface area contributed by atoms with E-state index in [0.29, 0.717) is 23.8 Å². The molecule has 140 valence electrons. The van der Waals surface area contributed by atoms with Gasteiger partial charge in [0.05, 0.1) is 18.1 Å². The highest BCUT2D eigenvalue weighted by Crippen LogP contribution is 2.33. The molecule has 0 amide bonds. The molecule has 1 aliphatic heterocycles. The third kappa shape index (κ3) is 3.74. The summed E-state index contributed by atoms with van der Waals surface area (Å²) >= 11 is 0.478. The molecule has 3 heterocycles. The lowest BCUT2D eigenvalue weighted by Crippen LogP contribution is -2.37. The molecule has 0 N–H and O–H groups in total. The van der Waals surface area contributed by atoms with Crippen molar-refractivity contribution < 1.29 is 8.62 Å². The van der Waals surface area contributed by atoms with Crippen LogP contribution in [0, 0.1) is 5.92 Å². The molecule has 5 nitrogen and oxygen atoms in total. The van der Waals surface area contributed by atoms with Gasteiger partial charge in [-0.2, -0.15) is 8.87 Å². The smallest absolute Gasteiger partial charge is 0.236 e. The number of piperidine rings is 1. The summed E-state index contributed by atoms with van der Waals surface area (Å²) in [5, 5.41) is 0. The molecule has 0 aliphatic carbocycles. The first-order valence-corrected chi connectivity index (χ1v) is 10.1. The van der Waals surface area contributed by atoms with Crippen molar-refractivity contribution >= 4 is 50.5 Å². The van der Waals surface area contributed by atoms with Gasteiger partial charge in [0, 0.05) is 37.5 Å². The van der Waals surface area contributed by atoms with Crippen LogP contribution in [0.2, 0.25) is 0 Å². The minimum absolute atomic E-state index is 0.291. The molecule has 9 heteroatoms. The molecule has 1 fully saturated rings. The van der Waals surface area contributed by atoms with Gasteiger partial charge in [0.2, 0.25) is 5.78 Å². The van der Waals surface area contributed by atoms with Crippen molar-refractivity contribution in [2.45, 2.75) is 23.8 Å². The van der Waals surface area contributed by atoms with Gasteiger partial charge in [0.15, 0.2) is 0 Å². The lowest BCUT2D eigenvalue weighted by molar-refractivity contribution is 0.384. The number of imidazole rings is 1. The predicted molar refractivity (Wildman–Crippen MR) is 115 cm³/mol. The molecule has 4 rings (SSSR count). The number of hydrogen-bond donors (Lipinski definition) is 0. The summed E-state index contributed by atoms with van der Waals surface area (Å²) < 4.78 is 20.0. The lowest BCUT2D eigenvalue weighted by Gasteiger charge is -2.35. The second-order valence-electron chi connectivity index (χ2n) is 7.89. The molecular formula is C18H23B2FN4OS. The Bertz CT molecular complexity index is 959. The molecule has 1 aromatic carbocycles. The number of anilines is 1. The molecule has 0 unspecified atom stereocenters. The standard InChI is InChI=1S/C18H23B2FN4OS/c1-26-13-2-3-15-14(10-13)22-17-23-16(6-9-25(15)17)24-7-4-12(5-8-24)11-18(19,20)27-21/h2-3,6,9-10,12H,4-5,7-8,11,19-20H2,1H3. The number of methoxy groups -OCH3 is 1. The molecule has 0 radical (unpaired) electrons. The Morgan fingerprint density at radius 3 is 2.74 bits per heavy atom. The van der Waals surface area contributed by atoms with E-state index in [1.54, 1.807) is 7.11 Å². The number of rotatable bonds is 5. The van der Waals surface area contributed by atoms with Crippen LogP contribution in [0.5, 0.6) is 5.75 Å². The van der Waals surface area contributed by atoms with Gasteiger partial charge in [-0.25, -0.2) is 4.98 Å². The summed E-state index contributed by atoms with van der Waals surface area (Å²) in [6.45, 7) is 1.91. The third-order valence-corrected chi connectivity index (χ3v) is 5.98. The maximum atomic E-state index is 13.0. The molecule has 0 bridgehead atoms. The van der Waals surface area contributed by atoms with Crippen LogP contribution in [0.1, 0.15) is 19.3 Å². The topological polar surface area (TPSA) is 42.7 Å². The average Bonchev–Trinajstić information content (AvgIpc) is 3.05. The summed E-state index contributed by atoms with van der Waals surface area (Å²) in [6.07, 6.45) is 5.10. The average molecular weight is 384 g/mol. The largest absolute Gasteiger partial charge is 0.497 e. The van der Waals surface area contributed by atoms with Crippen LogP contribution in [0.15, 0.2) is 30.5 Å². The van der Waals surface area contributed by atoms with Gasteiger partial charge in [-0.3, -0.25) is 4.40 Å². The van der Waals surface area contributed by atoms with Crippen LogP contribution in [0.3, 0.4) is 0 Å². The first-order valence-electron chi connectivity index (χ1n) is 9.37. The van der Waals surface area contributed by atoms with Crippen molar-refractivity contribution in [1.82, 2.24) is 14.4 Å². The lowest BCUT2D eigenvalue weighted by atomic mass is 9.64. The molecule has 3 aromatic rings. The molecule has 0 atom stereocenters. The Morgan fingerprint density at radius 1 is 1.26 bits per heavy atom. The van der Waals surface area contributed by atoms with Crippen molar-refractivity contribution in [1.29, 1.82) is 0 Å². The quantitative estimate of drug-likeness (QED) is 0.630. The highest BCUT2D eigenvalue weighted by Gasteiger charge is 2.28. The van der Waals surface area contributed by atoms with Gasteiger partial charge in [0.25, 0.3) is 0 Å². The molecular weight excluding hydrogens is 361 g/mol. The normalized spacial score (nSPS) is 16.3. The van der Waals surface area contributed by atoms with E-state index in [0.717, 1.165) is 55.0 Å². The van der Waals surface area contributed by atoms with Crippen molar-refractivity contribution in [2.75, 3.05) is 25.1 Å². The SMILES string of the molecule is BC(B)(CC1CCN(c2ccn3c(n2)nc2cc(OC)ccc23)CC1)SF. The minimum atomic E-state index is -0.291.